The molecule has 2 atom stereocenters. The number of rotatable bonds is 5. The fourth-order valence-corrected chi connectivity index (χ4v) is 1.53. The Balaban J connectivity index is 4.55. The fraction of sp³-hybridized carbons (Fsp3) is 1.00. The van der Waals surface area contributed by atoms with Crippen molar-refractivity contribution in [1.82, 2.24) is 4.90 Å². The molecule has 0 spiro atoms. The lowest BCUT2D eigenvalue weighted by Gasteiger charge is -2.33. The van der Waals surface area contributed by atoms with E-state index in [9.17, 15) is 13.2 Å². The monoisotopic (exact) mass is 212 g/mol. The van der Waals surface area contributed by atoms with Crippen molar-refractivity contribution in [3.8, 4) is 0 Å². The number of alkyl halides is 3. The summed E-state index contributed by atoms with van der Waals surface area (Å²) in [4.78, 5) is 1.29. The maximum Gasteiger partial charge on any atom is 0.405 e. The summed E-state index contributed by atoms with van der Waals surface area (Å²) in [5.41, 5.74) is 5.47. The third-order valence-electron chi connectivity index (χ3n) is 2.26. The molecular weight excluding hydrogens is 193 g/mol. The summed E-state index contributed by atoms with van der Waals surface area (Å²) in [6, 6.07) is -2.36. The van der Waals surface area contributed by atoms with E-state index in [1.807, 2.05) is 6.92 Å². The first kappa shape index (κ1) is 13.7. The molecular formula is C9H19F3N2. The summed E-state index contributed by atoms with van der Waals surface area (Å²) in [6.45, 7) is 3.93. The van der Waals surface area contributed by atoms with Crippen LogP contribution in [-0.4, -0.2) is 36.8 Å². The van der Waals surface area contributed by atoms with E-state index in [1.165, 1.54) is 11.9 Å². The van der Waals surface area contributed by atoms with Crippen LogP contribution in [0.5, 0.6) is 0 Å². The van der Waals surface area contributed by atoms with Crippen molar-refractivity contribution in [2.75, 3.05) is 13.6 Å². The first-order valence-corrected chi connectivity index (χ1v) is 4.87. The Morgan fingerprint density at radius 1 is 1.29 bits per heavy atom. The van der Waals surface area contributed by atoms with Gasteiger partial charge >= 0.3 is 6.18 Å². The van der Waals surface area contributed by atoms with Gasteiger partial charge in [-0.3, -0.25) is 4.90 Å². The molecule has 0 aliphatic carbocycles. The van der Waals surface area contributed by atoms with Gasteiger partial charge in [0.15, 0.2) is 0 Å². The number of halogens is 3. The Hall–Kier alpha value is -0.290. The van der Waals surface area contributed by atoms with Gasteiger partial charge in [0.25, 0.3) is 0 Å². The zero-order chi connectivity index (χ0) is 11.4. The molecule has 0 radical (unpaired) electrons. The SMILES string of the molecule is CCCN(C)C(C(N)CC)C(F)(F)F. The molecule has 0 saturated heterocycles. The molecule has 0 aliphatic rings. The summed E-state index contributed by atoms with van der Waals surface area (Å²) < 4.78 is 37.8. The van der Waals surface area contributed by atoms with E-state index >= 15 is 0 Å². The highest BCUT2D eigenvalue weighted by molar-refractivity contribution is 4.85. The van der Waals surface area contributed by atoms with Crippen molar-refractivity contribution in [1.29, 1.82) is 0 Å². The van der Waals surface area contributed by atoms with Crippen molar-refractivity contribution in [3.63, 3.8) is 0 Å². The number of nitrogens with two attached hydrogens (primary N) is 1. The van der Waals surface area contributed by atoms with Gasteiger partial charge in [0.1, 0.15) is 6.04 Å². The molecule has 0 heterocycles. The predicted molar refractivity (Wildman–Crippen MR) is 51.0 cm³/mol. The average molecular weight is 212 g/mol. The van der Waals surface area contributed by atoms with E-state index in [0.29, 0.717) is 19.4 Å². The van der Waals surface area contributed by atoms with Crippen LogP contribution < -0.4 is 5.73 Å². The van der Waals surface area contributed by atoms with Crippen molar-refractivity contribution in [3.05, 3.63) is 0 Å². The maximum atomic E-state index is 12.6. The van der Waals surface area contributed by atoms with Crippen LogP contribution in [0.25, 0.3) is 0 Å². The Labute approximate surface area is 83.3 Å². The lowest BCUT2D eigenvalue weighted by atomic mass is 10.0. The molecule has 0 rings (SSSR count). The zero-order valence-corrected chi connectivity index (χ0v) is 8.93. The van der Waals surface area contributed by atoms with E-state index in [4.69, 9.17) is 5.73 Å². The minimum Gasteiger partial charge on any atom is -0.326 e. The van der Waals surface area contributed by atoms with E-state index in [2.05, 4.69) is 0 Å². The Bertz CT molecular complexity index is 159. The van der Waals surface area contributed by atoms with Crippen molar-refractivity contribution < 1.29 is 13.2 Å². The number of likely N-dealkylation sites (N-methyl/N-ethyl adjacent to an activating group) is 1. The van der Waals surface area contributed by atoms with Crippen LogP contribution in [0.1, 0.15) is 26.7 Å². The standard InChI is InChI=1S/C9H19F3N2/c1-4-6-14(3)8(7(13)5-2)9(10,11)12/h7-8H,4-6,13H2,1-3H3. The summed E-state index contributed by atoms with van der Waals surface area (Å²) in [7, 11) is 1.47. The zero-order valence-electron chi connectivity index (χ0n) is 8.93. The van der Waals surface area contributed by atoms with Gasteiger partial charge in [-0.25, -0.2) is 0 Å². The first-order chi connectivity index (χ1) is 6.34. The van der Waals surface area contributed by atoms with Gasteiger partial charge in [0.2, 0.25) is 0 Å². The smallest absolute Gasteiger partial charge is 0.326 e. The maximum absolute atomic E-state index is 12.6. The van der Waals surface area contributed by atoms with Crippen LogP contribution in [0, 0.1) is 0 Å². The first-order valence-electron chi connectivity index (χ1n) is 4.87. The lowest BCUT2D eigenvalue weighted by Crippen LogP contribution is -2.54. The van der Waals surface area contributed by atoms with E-state index in [0.717, 1.165) is 0 Å². The quantitative estimate of drug-likeness (QED) is 0.755. The second-order valence-electron chi connectivity index (χ2n) is 3.54. The third kappa shape index (κ3) is 3.84. The molecule has 14 heavy (non-hydrogen) atoms. The Morgan fingerprint density at radius 2 is 1.79 bits per heavy atom. The molecule has 0 bridgehead atoms. The minimum atomic E-state index is -4.24. The van der Waals surface area contributed by atoms with Crippen LogP contribution in [0.15, 0.2) is 0 Å². The molecule has 0 aromatic rings. The fourth-order valence-electron chi connectivity index (χ4n) is 1.53. The predicted octanol–water partition coefficient (Wildman–Crippen LogP) is 2.00. The highest BCUT2D eigenvalue weighted by Gasteiger charge is 2.45. The lowest BCUT2D eigenvalue weighted by molar-refractivity contribution is -0.185. The summed E-state index contributed by atoms with van der Waals surface area (Å²) in [5, 5.41) is 0. The molecule has 5 heteroatoms. The molecule has 2 unspecified atom stereocenters. The Morgan fingerprint density at radius 3 is 2.07 bits per heavy atom. The molecule has 2 nitrogen and oxygen atoms in total. The normalized spacial score (nSPS) is 17.1. The second kappa shape index (κ2) is 5.56. The molecule has 0 amide bonds. The van der Waals surface area contributed by atoms with Gasteiger partial charge in [-0.1, -0.05) is 13.8 Å². The Kier molecular flexibility index (Phi) is 5.44. The van der Waals surface area contributed by atoms with Crippen LogP contribution in [-0.2, 0) is 0 Å². The van der Waals surface area contributed by atoms with Crippen LogP contribution in [0.4, 0.5) is 13.2 Å². The van der Waals surface area contributed by atoms with Crippen molar-refractivity contribution in [2.45, 2.75) is 44.9 Å². The van der Waals surface area contributed by atoms with Gasteiger partial charge in [-0.15, -0.1) is 0 Å². The summed E-state index contributed by atoms with van der Waals surface area (Å²) in [6.07, 6.45) is -3.21. The van der Waals surface area contributed by atoms with Crippen molar-refractivity contribution >= 4 is 0 Å². The van der Waals surface area contributed by atoms with Crippen LogP contribution in [0.2, 0.25) is 0 Å². The van der Waals surface area contributed by atoms with Gasteiger partial charge < -0.3 is 5.73 Å². The molecule has 0 aliphatic heterocycles. The largest absolute Gasteiger partial charge is 0.405 e. The number of hydrogen-bond donors (Lipinski definition) is 1. The molecule has 2 N–H and O–H groups in total. The topological polar surface area (TPSA) is 29.3 Å². The highest BCUT2D eigenvalue weighted by Crippen LogP contribution is 2.26. The summed E-state index contributed by atoms with van der Waals surface area (Å²) >= 11 is 0. The van der Waals surface area contributed by atoms with Gasteiger partial charge in [0, 0.05) is 6.04 Å². The number of hydrogen-bond acceptors (Lipinski definition) is 2. The van der Waals surface area contributed by atoms with Gasteiger partial charge in [0.05, 0.1) is 0 Å². The molecule has 0 fully saturated rings. The third-order valence-corrected chi connectivity index (χ3v) is 2.26. The minimum absolute atomic E-state index is 0.332. The average Bonchev–Trinajstić information content (AvgIpc) is 2.02. The summed E-state index contributed by atoms with van der Waals surface area (Å²) in [5.74, 6) is 0. The van der Waals surface area contributed by atoms with Gasteiger partial charge in [-0.05, 0) is 26.4 Å². The van der Waals surface area contributed by atoms with Crippen molar-refractivity contribution in [2.24, 2.45) is 5.73 Å². The molecule has 0 saturated carbocycles. The van der Waals surface area contributed by atoms with Crippen LogP contribution >= 0.6 is 0 Å². The van der Waals surface area contributed by atoms with E-state index < -0.39 is 18.3 Å². The second-order valence-corrected chi connectivity index (χ2v) is 3.54. The van der Waals surface area contributed by atoms with Crippen LogP contribution in [0.3, 0.4) is 0 Å². The molecule has 86 valence electrons. The molecule has 0 aromatic heterocycles. The van der Waals surface area contributed by atoms with E-state index in [1.54, 1.807) is 6.92 Å². The van der Waals surface area contributed by atoms with Gasteiger partial charge in [-0.2, -0.15) is 13.2 Å². The molecule has 0 aromatic carbocycles. The van der Waals surface area contributed by atoms with E-state index in [-0.39, 0.29) is 0 Å². The number of nitrogens with zero attached hydrogens (tertiary/aromatic N) is 1. The highest BCUT2D eigenvalue weighted by atomic mass is 19.4.